The fourth-order valence-corrected chi connectivity index (χ4v) is 8.71. The normalized spacial score (nSPS) is 51.7. The van der Waals surface area contributed by atoms with Crippen LogP contribution in [0.1, 0.15) is 85.0 Å². The van der Waals surface area contributed by atoms with Gasteiger partial charge >= 0.3 is 5.97 Å². The van der Waals surface area contributed by atoms with Crippen LogP contribution in [0.3, 0.4) is 0 Å². The van der Waals surface area contributed by atoms with Crippen molar-refractivity contribution >= 4 is 5.97 Å². The Labute approximate surface area is 170 Å². The third-order valence-corrected chi connectivity index (χ3v) is 10.3. The summed E-state index contributed by atoms with van der Waals surface area (Å²) in [7, 11) is 0. The molecule has 4 saturated carbocycles. The number of hydrogen-bond acceptors (Lipinski definition) is 3. The van der Waals surface area contributed by atoms with E-state index in [9.17, 15) is 15.0 Å². The van der Waals surface area contributed by atoms with Gasteiger partial charge in [-0.25, -0.2) is 0 Å². The molecule has 28 heavy (non-hydrogen) atoms. The summed E-state index contributed by atoms with van der Waals surface area (Å²) in [6.45, 7) is 6.99. The Morgan fingerprint density at radius 2 is 1.79 bits per heavy atom. The predicted octanol–water partition coefficient (Wildman–Crippen LogP) is 4.48. The van der Waals surface area contributed by atoms with Gasteiger partial charge in [-0.3, -0.25) is 4.79 Å². The summed E-state index contributed by atoms with van der Waals surface area (Å²) in [6, 6.07) is 0. The lowest BCUT2D eigenvalue weighted by Crippen LogP contribution is -2.58. The standard InChI is InChI=1S/C24H40O4/c1-14(4-9-22(27)28)18-7-8-19-17-6-5-15-12-16(25)10-11-23(15,2)20(17)13-21(26)24(18,19)3/h14-21,25-26H,4-13H2,1-3H3,(H,27,28)/t14-,15-,16-,17?,18?,19?,20?,21-,23+,24-/m1/s1. The maximum absolute atomic E-state index is 11.5. The van der Waals surface area contributed by atoms with Crippen molar-refractivity contribution in [3.8, 4) is 0 Å². The van der Waals surface area contributed by atoms with Gasteiger partial charge in [-0.2, -0.15) is 0 Å². The van der Waals surface area contributed by atoms with Crippen molar-refractivity contribution in [3.63, 3.8) is 0 Å². The first-order valence-corrected chi connectivity index (χ1v) is 11.8. The van der Waals surface area contributed by atoms with Gasteiger partial charge in [0.1, 0.15) is 0 Å². The molecule has 4 fully saturated rings. The molecule has 0 aliphatic heterocycles. The third-order valence-electron chi connectivity index (χ3n) is 10.3. The molecule has 4 aliphatic rings. The SMILES string of the molecule is C[C@H](CCC(=O)O)C1CCC2C3CC[C@@H]4C[C@H](O)CC[C@]4(C)C3C[C@@H](O)[C@@]21C. The molecule has 0 aromatic heterocycles. The van der Waals surface area contributed by atoms with Gasteiger partial charge in [0.15, 0.2) is 0 Å². The maximum atomic E-state index is 11.5. The van der Waals surface area contributed by atoms with E-state index >= 15 is 0 Å². The lowest BCUT2D eigenvalue weighted by Gasteiger charge is -2.62. The fraction of sp³-hybridized carbons (Fsp3) is 0.958. The fourth-order valence-electron chi connectivity index (χ4n) is 8.71. The third kappa shape index (κ3) is 3.05. The maximum Gasteiger partial charge on any atom is 0.303 e. The van der Waals surface area contributed by atoms with Gasteiger partial charge in [0.25, 0.3) is 0 Å². The monoisotopic (exact) mass is 392 g/mol. The first-order valence-electron chi connectivity index (χ1n) is 11.8. The first kappa shape index (κ1) is 20.7. The molecule has 0 aromatic carbocycles. The number of rotatable bonds is 4. The second-order valence-corrected chi connectivity index (χ2v) is 11.3. The van der Waals surface area contributed by atoms with Gasteiger partial charge in [-0.15, -0.1) is 0 Å². The molecule has 0 saturated heterocycles. The van der Waals surface area contributed by atoms with Crippen LogP contribution in [0.4, 0.5) is 0 Å². The van der Waals surface area contributed by atoms with E-state index in [0.717, 1.165) is 38.5 Å². The van der Waals surface area contributed by atoms with E-state index in [1.165, 1.54) is 19.3 Å². The van der Waals surface area contributed by atoms with E-state index in [1.54, 1.807) is 0 Å². The molecule has 10 atom stereocenters. The molecule has 0 amide bonds. The summed E-state index contributed by atoms with van der Waals surface area (Å²) in [5.74, 6) is 2.55. The van der Waals surface area contributed by atoms with E-state index in [0.29, 0.717) is 35.5 Å². The van der Waals surface area contributed by atoms with Gasteiger partial charge in [0.05, 0.1) is 12.2 Å². The Bertz CT molecular complexity index is 605. The van der Waals surface area contributed by atoms with Crippen LogP contribution in [0.25, 0.3) is 0 Å². The minimum absolute atomic E-state index is 0.0591. The Morgan fingerprint density at radius 1 is 1.04 bits per heavy atom. The van der Waals surface area contributed by atoms with Crippen molar-refractivity contribution in [2.24, 2.45) is 46.3 Å². The van der Waals surface area contributed by atoms with Crippen LogP contribution in [0.5, 0.6) is 0 Å². The largest absolute Gasteiger partial charge is 0.481 e. The molecule has 0 radical (unpaired) electrons. The summed E-state index contributed by atoms with van der Waals surface area (Å²) in [6.07, 6.45) is 9.26. The summed E-state index contributed by atoms with van der Waals surface area (Å²) in [5, 5.41) is 30.8. The van der Waals surface area contributed by atoms with Crippen molar-refractivity contribution in [2.45, 2.75) is 97.2 Å². The molecule has 4 aliphatic carbocycles. The van der Waals surface area contributed by atoms with Crippen molar-refractivity contribution in [2.75, 3.05) is 0 Å². The van der Waals surface area contributed by atoms with E-state index in [-0.39, 0.29) is 29.5 Å². The molecule has 0 spiro atoms. The Morgan fingerprint density at radius 3 is 2.50 bits per heavy atom. The Kier molecular flexibility index (Phi) is 5.36. The van der Waals surface area contributed by atoms with Crippen molar-refractivity contribution in [3.05, 3.63) is 0 Å². The van der Waals surface area contributed by atoms with Crippen LogP contribution in [-0.4, -0.2) is 33.5 Å². The van der Waals surface area contributed by atoms with E-state index in [2.05, 4.69) is 20.8 Å². The lowest BCUT2D eigenvalue weighted by molar-refractivity contribution is -0.175. The van der Waals surface area contributed by atoms with Crippen molar-refractivity contribution in [1.29, 1.82) is 0 Å². The van der Waals surface area contributed by atoms with Crippen LogP contribution in [-0.2, 0) is 4.79 Å². The topological polar surface area (TPSA) is 77.8 Å². The molecule has 160 valence electrons. The zero-order chi connectivity index (χ0) is 20.3. The number of carbonyl (C=O) groups is 1. The quantitative estimate of drug-likeness (QED) is 0.659. The first-order chi connectivity index (χ1) is 13.2. The highest BCUT2D eigenvalue weighted by Crippen LogP contribution is 2.68. The van der Waals surface area contributed by atoms with Crippen LogP contribution in [0.15, 0.2) is 0 Å². The number of aliphatic hydroxyl groups excluding tert-OH is 2. The molecule has 4 nitrogen and oxygen atoms in total. The molecule has 0 bridgehead atoms. The highest BCUT2D eigenvalue weighted by Gasteiger charge is 2.63. The molecule has 0 aromatic rings. The van der Waals surface area contributed by atoms with Gasteiger partial charge in [0, 0.05) is 6.42 Å². The van der Waals surface area contributed by atoms with Gasteiger partial charge in [0.2, 0.25) is 0 Å². The van der Waals surface area contributed by atoms with E-state index in [1.807, 2.05) is 0 Å². The molecule has 0 heterocycles. The molecule has 4 heteroatoms. The van der Waals surface area contributed by atoms with E-state index < -0.39 is 5.97 Å². The van der Waals surface area contributed by atoms with Crippen LogP contribution in [0.2, 0.25) is 0 Å². The van der Waals surface area contributed by atoms with Gasteiger partial charge in [-0.1, -0.05) is 20.8 Å². The summed E-state index contributed by atoms with van der Waals surface area (Å²) in [5.41, 5.74) is 0.216. The lowest BCUT2D eigenvalue weighted by atomic mass is 9.43. The van der Waals surface area contributed by atoms with Crippen LogP contribution in [0, 0.1) is 46.3 Å². The van der Waals surface area contributed by atoms with Crippen LogP contribution >= 0.6 is 0 Å². The number of fused-ring (bicyclic) bond motifs is 5. The highest BCUT2D eigenvalue weighted by atomic mass is 16.4. The van der Waals surface area contributed by atoms with Crippen LogP contribution < -0.4 is 0 Å². The Hall–Kier alpha value is -0.610. The number of aliphatic carboxylic acids is 1. The number of hydrogen-bond donors (Lipinski definition) is 3. The Balaban J connectivity index is 1.56. The number of carboxylic acids is 1. The molecule has 3 N–H and O–H groups in total. The summed E-state index contributed by atoms with van der Waals surface area (Å²) < 4.78 is 0. The molecular weight excluding hydrogens is 352 g/mol. The van der Waals surface area contributed by atoms with Crippen molar-refractivity contribution < 1.29 is 20.1 Å². The summed E-state index contributed by atoms with van der Waals surface area (Å²) >= 11 is 0. The minimum atomic E-state index is -0.707. The molecule has 4 rings (SSSR count). The number of carboxylic acid groups (broad SMARTS) is 1. The van der Waals surface area contributed by atoms with Gasteiger partial charge in [-0.05, 0) is 104 Å². The number of aliphatic hydroxyl groups is 2. The second kappa shape index (κ2) is 7.27. The smallest absolute Gasteiger partial charge is 0.303 e. The van der Waals surface area contributed by atoms with E-state index in [4.69, 9.17) is 5.11 Å². The molecular formula is C24H40O4. The molecule has 4 unspecified atom stereocenters. The highest BCUT2D eigenvalue weighted by molar-refractivity contribution is 5.66. The summed E-state index contributed by atoms with van der Waals surface area (Å²) in [4.78, 5) is 11.1. The second-order valence-electron chi connectivity index (χ2n) is 11.3. The minimum Gasteiger partial charge on any atom is -0.481 e. The average Bonchev–Trinajstić information content (AvgIpc) is 3.00. The average molecular weight is 393 g/mol. The van der Waals surface area contributed by atoms with Crippen molar-refractivity contribution in [1.82, 2.24) is 0 Å². The van der Waals surface area contributed by atoms with Gasteiger partial charge < -0.3 is 15.3 Å². The zero-order valence-corrected chi connectivity index (χ0v) is 17.9. The zero-order valence-electron chi connectivity index (χ0n) is 17.9. The predicted molar refractivity (Wildman–Crippen MR) is 109 cm³/mol.